The van der Waals surface area contributed by atoms with Gasteiger partial charge in [-0.1, -0.05) is 41.9 Å². The second-order valence-electron chi connectivity index (χ2n) is 5.68. The zero-order valence-corrected chi connectivity index (χ0v) is 14.2. The molecule has 0 aliphatic rings. The summed E-state index contributed by atoms with van der Waals surface area (Å²) in [4.78, 5) is 14.5. The monoisotopic (exact) mass is 334 g/mol. The summed E-state index contributed by atoms with van der Waals surface area (Å²) in [7, 11) is 3.73. The van der Waals surface area contributed by atoms with Crippen LogP contribution in [0.1, 0.15) is 22.7 Å². The van der Waals surface area contributed by atoms with E-state index in [9.17, 15) is 9.18 Å². The van der Waals surface area contributed by atoms with E-state index < -0.39 is 11.9 Å². The Balaban J connectivity index is 2.15. The van der Waals surface area contributed by atoms with E-state index in [-0.39, 0.29) is 12.5 Å². The van der Waals surface area contributed by atoms with Crippen molar-refractivity contribution in [2.24, 2.45) is 0 Å². The Bertz CT molecular complexity index is 703. The van der Waals surface area contributed by atoms with Crippen LogP contribution < -0.4 is 5.32 Å². The van der Waals surface area contributed by atoms with Gasteiger partial charge < -0.3 is 5.32 Å². The minimum absolute atomic E-state index is 0.121. The summed E-state index contributed by atoms with van der Waals surface area (Å²) in [5.41, 5.74) is 2.70. The molecule has 0 radical (unpaired) electrons. The largest absolute Gasteiger partial charge is 0.350 e. The molecule has 3 nitrogen and oxygen atoms in total. The first-order valence-electron chi connectivity index (χ1n) is 7.33. The SMILES string of the molecule is Cc1ccccc1[C@H](C(=O)NCc1ccc(F)cc1Cl)N(C)C. The molecule has 5 heteroatoms. The molecule has 0 bridgehead atoms. The molecule has 2 aromatic rings. The van der Waals surface area contributed by atoms with Crippen molar-refractivity contribution >= 4 is 17.5 Å². The Morgan fingerprint density at radius 3 is 2.57 bits per heavy atom. The molecule has 0 aromatic heterocycles. The number of halogens is 2. The van der Waals surface area contributed by atoms with E-state index in [0.29, 0.717) is 10.6 Å². The molecule has 0 heterocycles. The lowest BCUT2D eigenvalue weighted by molar-refractivity contribution is -0.126. The number of aryl methyl sites for hydroxylation is 1. The molecular formula is C18H20ClFN2O. The van der Waals surface area contributed by atoms with Gasteiger partial charge in [0.2, 0.25) is 5.91 Å². The summed E-state index contributed by atoms with van der Waals surface area (Å²) in [6.07, 6.45) is 0. The summed E-state index contributed by atoms with van der Waals surface area (Å²) >= 11 is 6.00. The molecule has 23 heavy (non-hydrogen) atoms. The molecule has 122 valence electrons. The maximum atomic E-state index is 13.1. The number of rotatable bonds is 5. The molecule has 0 aliphatic carbocycles. The van der Waals surface area contributed by atoms with Gasteiger partial charge in [-0.3, -0.25) is 9.69 Å². The minimum atomic E-state index is -0.393. The Morgan fingerprint density at radius 1 is 1.26 bits per heavy atom. The molecule has 0 aliphatic heterocycles. The smallest absolute Gasteiger partial charge is 0.242 e. The van der Waals surface area contributed by atoms with Crippen LogP contribution in [0, 0.1) is 12.7 Å². The Labute approximate surface area is 141 Å². The highest BCUT2D eigenvalue weighted by Gasteiger charge is 2.24. The quantitative estimate of drug-likeness (QED) is 0.904. The van der Waals surface area contributed by atoms with Crippen molar-refractivity contribution in [3.05, 3.63) is 70.0 Å². The Morgan fingerprint density at radius 2 is 1.96 bits per heavy atom. The number of amides is 1. The first kappa shape index (κ1) is 17.4. The van der Waals surface area contributed by atoms with Gasteiger partial charge in [0.05, 0.1) is 0 Å². The van der Waals surface area contributed by atoms with E-state index in [2.05, 4.69) is 5.32 Å². The van der Waals surface area contributed by atoms with Crippen LogP contribution in [0.2, 0.25) is 5.02 Å². The van der Waals surface area contributed by atoms with E-state index >= 15 is 0 Å². The Kier molecular flexibility index (Phi) is 5.74. The standard InChI is InChI=1S/C18H20ClFN2O/c1-12-6-4-5-7-15(12)17(22(2)3)18(23)21-11-13-8-9-14(20)10-16(13)19/h4-10,17H,11H2,1-3H3,(H,21,23)/t17-/m1/s1. The second kappa shape index (κ2) is 7.57. The molecule has 0 unspecified atom stereocenters. The fourth-order valence-electron chi connectivity index (χ4n) is 2.49. The van der Waals surface area contributed by atoms with Crippen LogP contribution >= 0.6 is 11.6 Å². The van der Waals surface area contributed by atoms with Crippen molar-refractivity contribution < 1.29 is 9.18 Å². The molecule has 0 saturated carbocycles. The minimum Gasteiger partial charge on any atom is -0.350 e. The van der Waals surface area contributed by atoms with E-state index in [1.807, 2.05) is 50.2 Å². The second-order valence-corrected chi connectivity index (χ2v) is 6.08. The fourth-order valence-corrected chi connectivity index (χ4v) is 2.73. The van der Waals surface area contributed by atoms with Crippen LogP contribution in [0.15, 0.2) is 42.5 Å². The van der Waals surface area contributed by atoms with Crippen LogP contribution in [0.3, 0.4) is 0 Å². The number of carbonyl (C=O) groups is 1. The van der Waals surface area contributed by atoms with Crippen molar-refractivity contribution in [3.8, 4) is 0 Å². The summed E-state index contributed by atoms with van der Waals surface area (Å²) < 4.78 is 13.1. The molecule has 1 N–H and O–H groups in total. The first-order chi connectivity index (χ1) is 10.9. The van der Waals surface area contributed by atoms with Crippen LogP contribution in [0.4, 0.5) is 4.39 Å². The van der Waals surface area contributed by atoms with Crippen LogP contribution in [0.25, 0.3) is 0 Å². The highest BCUT2D eigenvalue weighted by atomic mass is 35.5. The maximum Gasteiger partial charge on any atom is 0.242 e. The normalized spacial score (nSPS) is 12.3. The molecule has 0 saturated heterocycles. The van der Waals surface area contributed by atoms with Gasteiger partial charge in [0.1, 0.15) is 11.9 Å². The van der Waals surface area contributed by atoms with Crippen molar-refractivity contribution in [1.82, 2.24) is 10.2 Å². The number of carbonyl (C=O) groups excluding carboxylic acids is 1. The molecule has 0 fully saturated rings. The van der Waals surface area contributed by atoms with Crippen LogP contribution in [-0.4, -0.2) is 24.9 Å². The van der Waals surface area contributed by atoms with Gasteiger partial charge in [0, 0.05) is 11.6 Å². The molecule has 1 atom stereocenters. The zero-order valence-electron chi connectivity index (χ0n) is 13.4. The highest BCUT2D eigenvalue weighted by Crippen LogP contribution is 2.23. The van der Waals surface area contributed by atoms with Gasteiger partial charge >= 0.3 is 0 Å². The van der Waals surface area contributed by atoms with Crippen molar-refractivity contribution in [2.75, 3.05) is 14.1 Å². The fraction of sp³-hybridized carbons (Fsp3) is 0.278. The van der Waals surface area contributed by atoms with Gasteiger partial charge in [0.25, 0.3) is 0 Å². The van der Waals surface area contributed by atoms with Gasteiger partial charge in [0.15, 0.2) is 0 Å². The first-order valence-corrected chi connectivity index (χ1v) is 7.71. The van der Waals surface area contributed by atoms with E-state index in [0.717, 1.165) is 11.1 Å². The summed E-state index contributed by atoms with van der Waals surface area (Å²) in [5.74, 6) is -0.513. The van der Waals surface area contributed by atoms with Gasteiger partial charge in [-0.05, 0) is 49.8 Å². The molecule has 1 amide bonds. The number of likely N-dealkylation sites (N-methyl/N-ethyl adjacent to an activating group) is 1. The molecule has 2 rings (SSSR count). The summed E-state index contributed by atoms with van der Waals surface area (Å²) in [6, 6.07) is 11.6. The van der Waals surface area contributed by atoms with E-state index in [1.54, 1.807) is 6.07 Å². The Hall–Kier alpha value is -1.91. The topological polar surface area (TPSA) is 32.3 Å². The maximum absolute atomic E-state index is 13.1. The summed E-state index contributed by atoms with van der Waals surface area (Å²) in [6.45, 7) is 2.24. The predicted molar refractivity (Wildman–Crippen MR) is 90.9 cm³/mol. The average Bonchev–Trinajstić information content (AvgIpc) is 2.48. The molecule has 2 aromatic carbocycles. The summed E-state index contributed by atoms with van der Waals surface area (Å²) in [5, 5.41) is 3.19. The van der Waals surface area contributed by atoms with Gasteiger partial charge in [-0.15, -0.1) is 0 Å². The van der Waals surface area contributed by atoms with Gasteiger partial charge in [-0.25, -0.2) is 4.39 Å². The van der Waals surface area contributed by atoms with Crippen molar-refractivity contribution in [2.45, 2.75) is 19.5 Å². The van der Waals surface area contributed by atoms with Crippen LogP contribution in [0.5, 0.6) is 0 Å². The number of hydrogen-bond donors (Lipinski definition) is 1. The average molecular weight is 335 g/mol. The predicted octanol–water partition coefficient (Wildman–Crippen LogP) is 3.71. The highest BCUT2D eigenvalue weighted by molar-refractivity contribution is 6.31. The zero-order chi connectivity index (χ0) is 17.0. The lowest BCUT2D eigenvalue weighted by atomic mass is 10.00. The van der Waals surface area contributed by atoms with Gasteiger partial charge in [-0.2, -0.15) is 0 Å². The molecular weight excluding hydrogens is 315 g/mol. The van der Waals surface area contributed by atoms with Crippen molar-refractivity contribution in [3.63, 3.8) is 0 Å². The number of nitrogens with one attached hydrogen (secondary N) is 1. The third-order valence-corrected chi connectivity index (χ3v) is 4.07. The van der Waals surface area contributed by atoms with E-state index in [4.69, 9.17) is 11.6 Å². The third kappa shape index (κ3) is 4.30. The molecule has 0 spiro atoms. The lowest BCUT2D eigenvalue weighted by Gasteiger charge is -2.25. The number of benzene rings is 2. The third-order valence-electron chi connectivity index (χ3n) is 3.72. The van der Waals surface area contributed by atoms with Crippen LogP contribution in [-0.2, 0) is 11.3 Å². The number of nitrogens with zero attached hydrogens (tertiary/aromatic N) is 1. The van der Waals surface area contributed by atoms with Crippen molar-refractivity contribution in [1.29, 1.82) is 0 Å². The lowest BCUT2D eigenvalue weighted by Crippen LogP contribution is -2.37. The van der Waals surface area contributed by atoms with E-state index in [1.165, 1.54) is 12.1 Å². The number of hydrogen-bond acceptors (Lipinski definition) is 2.